The Kier molecular flexibility index (Phi) is 7.51. The summed E-state index contributed by atoms with van der Waals surface area (Å²) in [6.45, 7) is 6.86. The Morgan fingerprint density at radius 3 is 2.85 bits per heavy atom. The molecule has 7 nitrogen and oxygen atoms in total. The molecule has 3 aliphatic rings. The van der Waals surface area contributed by atoms with Crippen LogP contribution in [-0.2, 0) is 16.0 Å². The zero-order valence-corrected chi connectivity index (χ0v) is 21.0. The lowest BCUT2D eigenvalue weighted by Gasteiger charge is -2.49. The van der Waals surface area contributed by atoms with Crippen LogP contribution in [0.25, 0.3) is 10.2 Å². The average Bonchev–Trinajstić information content (AvgIpc) is 3.45. The molecule has 0 radical (unpaired) electrons. The zero-order chi connectivity index (χ0) is 23.5. The summed E-state index contributed by atoms with van der Waals surface area (Å²) in [5, 5.41) is 13.1. The first-order chi connectivity index (χ1) is 16.6. The molecule has 1 aliphatic heterocycles. The number of nitrogens with zero attached hydrogens (tertiary/aromatic N) is 2. The molecule has 0 amide bonds. The molecule has 2 N–H and O–H groups in total. The average molecular weight is 488 g/mol. The highest BCUT2D eigenvalue weighted by Gasteiger charge is 2.40. The molecule has 0 spiro atoms. The number of nitrogens with one attached hydrogen (secondary N) is 1. The minimum atomic E-state index is -0.109. The number of carbonyl (C=O) groups is 1. The van der Waals surface area contributed by atoms with Gasteiger partial charge in [0.1, 0.15) is 10.6 Å². The zero-order valence-electron chi connectivity index (χ0n) is 20.2. The Hall–Kier alpha value is -1.58. The Morgan fingerprint density at radius 2 is 2.12 bits per heavy atom. The molecule has 2 fully saturated rings. The first-order valence-corrected chi connectivity index (χ1v) is 13.7. The molecule has 2 aromatic heterocycles. The second kappa shape index (κ2) is 10.6. The highest BCUT2D eigenvalue weighted by atomic mass is 32.1. The molecule has 0 unspecified atom stereocenters. The number of aliphatic hydroxyl groups excluding tert-OH is 1. The van der Waals surface area contributed by atoms with Crippen LogP contribution in [0.3, 0.4) is 0 Å². The molecular weight excluding hydrogens is 450 g/mol. The number of ether oxygens (including phenoxy) is 2. The number of fused-ring (bicyclic) bond motifs is 3. The number of thiophene rings is 1. The van der Waals surface area contributed by atoms with Gasteiger partial charge >= 0.3 is 0 Å². The predicted molar refractivity (Wildman–Crippen MR) is 134 cm³/mol. The van der Waals surface area contributed by atoms with Gasteiger partial charge in [-0.15, -0.1) is 11.3 Å². The van der Waals surface area contributed by atoms with Gasteiger partial charge in [0, 0.05) is 42.2 Å². The fourth-order valence-electron chi connectivity index (χ4n) is 6.23. The topological polar surface area (TPSA) is 83.9 Å². The third-order valence-electron chi connectivity index (χ3n) is 8.15. The molecule has 1 atom stereocenters. The number of ketones is 1. The van der Waals surface area contributed by atoms with Gasteiger partial charge in [-0.3, -0.25) is 9.69 Å². The molecule has 3 heterocycles. The number of hydrogen-bond donors (Lipinski definition) is 2. The highest BCUT2D eigenvalue weighted by molar-refractivity contribution is 7.19. The summed E-state index contributed by atoms with van der Waals surface area (Å²) < 4.78 is 12.3. The maximum atomic E-state index is 13.0. The number of pyridine rings is 1. The van der Waals surface area contributed by atoms with Crippen LogP contribution in [0.2, 0.25) is 0 Å². The molecule has 0 aromatic carbocycles. The van der Waals surface area contributed by atoms with Gasteiger partial charge in [-0.05, 0) is 56.6 Å². The number of morpholine rings is 1. The van der Waals surface area contributed by atoms with Crippen LogP contribution in [0.5, 0.6) is 5.75 Å². The van der Waals surface area contributed by atoms with Gasteiger partial charge in [-0.1, -0.05) is 6.92 Å². The van der Waals surface area contributed by atoms with Crippen LogP contribution >= 0.6 is 11.3 Å². The van der Waals surface area contributed by atoms with Gasteiger partial charge in [0.05, 0.1) is 37.9 Å². The van der Waals surface area contributed by atoms with Crippen molar-refractivity contribution in [2.24, 2.45) is 0 Å². The third kappa shape index (κ3) is 4.63. The quantitative estimate of drug-likeness (QED) is 0.525. The minimum absolute atomic E-state index is 0.0404. The first-order valence-electron chi connectivity index (χ1n) is 12.9. The highest BCUT2D eigenvalue weighted by Crippen LogP contribution is 2.47. The first kappa shape index (κ1) is 24.1. The lowest BCUT2D eigenvalue weighted by atomic mass is 9.77. The molecule has 8 heteroatoms. The van der Waals surface area contributed by atoms with Crippen molar-refractivity contribution in [3.63, 3.8) is 0 Å². The molecule has 2 aromatic rings. The number of aliphatic hydroxyl groups is 1. The van der Waals surface area contributed by atoms with E-state index in [1.807, 2.05) is 12.3 Å². The van der Waals surface area contributed by atoms with Crippen molar-refractivity contribution in [3.8, 4) is 5.75 Å². The summed E-state index contributed by atoms with van der Waals surface area (Å²) in [5.74, 6) is 0.977. The van der Waals surface area contributed by atoms with Crippen LogP contribution in [-0.4, -0.2) is 78.4 Å². The lowest BCUT2D eigenvalue weighted by molar-refractivity contribution is -0.119. The Bertz CT molecular complexity index is 995. The third-order valence-corrected chi connectivity index (χ3v) is 9.32. The van der Waals surface area contributed by atoms with E-state index in [1.165, 1.54) is 11.3 Å². The van der Waals surface area contributed by atoms with E-state index in [0.717, 1.165) is 86.4 Å². The number of hydrogen-bond acceptors (Lipinski definition) is 8. The monoisotopic (exact) mass is 487 g/mol. The van der Waals surface area contributed by atoms with Gasteiger partial charge in [0.2, 0.25) is 0 Å². The standard InChI is InChI=1S/C26H37N3O4S/c1-2-26(29-12-15-32-16-13-29)8-5-18(6-9-26)33-21-7-10-28-25-24(21)23-19(3-4-22(23)34-25)20(31)17-27-11-14-30/h7,10,18-19,27,30H,2-6,8-9,11-17H2,1H3/t18?,19-,26?/m1/s1. The fraction of sp³-hybridized carbons (Fsp3) is 0.692. The minimum Gasteiger partial charge on any atom is -0.490 e. The van der Waals surface area contributed by atoms with Crippen LogP contribution in [0.15, 0.2) is 12.3 Å². The SMILES string of the molecule is CCC1(N2CCOCC2)CCC(Oc2ccnc3sc4c(c23)[C@@H](C(=O)CNCCO)CC4)CC1. The second-order valence-corrected chi connectivity index (χ2v) is 11.0. The van der Waals surface area contributed by atoms with E-state index in [0.29, 0.717) is 13.1 Å². The maximum Gasteiger partial charge on any atom is 0.154 e. The molecule has 0 bridgehead atoms. The number of aromatic nitrogens is 1. The maximum absolute atomic E-state index is 13.0. The van der Waals surface area contributed by atoms with E-state index in [9.17, 15) is 4.79 Å². The number of Topliss-reactive ketones (excluding diaryl/α,β-unsaturated/α-hetero) is 1. The lowest BCUT2D eigenvalue weighted by Crippen LogP contribution is -2.55. The molecular formula is C26H37N3O4S. The van der Waals surface area contributed by atoms with Crippen molar-refractivity contribution in [3.05, 3.63) is 22.7 Å². The van der Waals surface area contributed by atoms with Crippen LogP contribution in [0.1, 0.15) is 61.8 Å². The number of carbonyl (C=O) groups excluding carboxylic acids is 1. The van der Waals surface area contributed by atoms with Crippen LogP contribution in [0, 0.1) is 0 Å². The van der Waals surface area contributed by atoms with Gasteiger partial charge in [-0.25, -0.2) is 4.98 Å². The normalized spacial score (nSPS) is 27.7. The van der Waals surface area contributed by atoms with Crippen molar-refractivity contribution in [1.82, 2.24) is 15.2 Å². The van der Waals surface area contributed by atoms with E-state index in [-0.39, 0.29) is 30.0 Å². The predicted octanol–water partition coefficient (Wildman–Crippen LogP) is 3.28. The molecule has 2 aliphatic carbocycles. The Morgan fingerprint density at radius 1 is 1.32 bits per heavy atom. The van der Waals surface area contributed by atoms with E-state index >= 15 is 0 Å². The molecule has 186 valence electrons. The molecule has 1 saturated carbocycles. The summed E-state index contributed by atoms with van der Waals surface area (Å²) in [6, 6.07) is 1.99. The largest absolute Gasteiger partial charge is 0.490 e. The van der Waals surface area contributed by atoms with Gasteiger partial charge in [-0.2, -0.15) is 0 Å². The number of aryl methyl sites for hydroxylation is 1. The summed E-state index contributed by atoms with van der Waals surface area (Å²) >= 11 is 1.71. The van der Waals surface area contributed by atoms with Gasteiger partial charge < -0.3 is 19.9 Å². The van der Waals surface area contributed by atoms with Gasteiger partial charge in [0.25, 0.3) is 0 Å². The molecule has 34 heavy (non-hydrogen) atoms. The number of rotatable bonds is 9. The summed E-state index contributed by atoms with van der Waals surface area (Å²) in [6.07, 6.45) is 9.40. The van der Waals surface area contributed by atoms with Gasteiger partial charge in [0.15, 0.2) is 5.78 Å². The Balaban J connectivity index is 1.32. The summed E-state index contributed by atoms with van der Waals surface area (Å²) in [5.41, 5.74) is 1.42. The van der Waals surface area contributed by atoms with Crippen LogP contribution in [0.4, 0.5) is 0 Å². The summed E-state index contributed by atoms with van der Waals surface area (Å²) in [7, 11) is 0. The van der Waals surface area contributed by atoms with Crippen molar-refractivity contribution in [2.45, 2.75) is 69.4 Å². The smallest absolute Gasteiger partial charge is 0.154 e. The molecule has 1 saturated heterocycles. The van der Waals surface area contributed by atoms with Crippen molar-refractivity contribution in [2.75, 3.05) is 46.0 Å². The Labute approximate surface area is 205 Å². The van der Waals surface area contributed by atoms with E-state index in [4.69, 9.17) is 14.6 Å². The fourth-order valence-corrected chi connectivity index (χ4v) is 7.46. The van der Waals surface area contributed by atoms with Crippen LogP contribution < -0.4 is 10.1 Å². The van der Waals surface area contributed by atoms with Crippen molar-refractivity contribution < 1.29 is 19.4 Å². The second-order valence-electron chi connectivity index (χ2n) is 9.88. The van der Waals surface area contributed by atoms with E-state index in [1.54, 1.807) is 11.3 Å². The van der Waals surface area contributed by atoms with Crippen molar-refractivity contribution >= 4 is 27.3 Å². The van der Waals surface area contributed by atoms with Crippen molar-refractivity contribution in [1.29, 1.82) is 0 Å². The van der Waals surface area contributed by atoms with E-state index in [2.05, 4.69) is 22.1 Å². The van der Waals surface area contributed by atoms with E-state index < -0.39 is 0 Å². The molecule has 5 rings (SSSR count). The summed E-state index contributed by atoms with van der Waals surface area (Å²) in [4.78, 5) is 22.5.